The molecule has 6 aromatic rings. The van der Waals surface area contributed by atoms with Gasteiger partial charge >= 0.3 is 19.1 Å². The van der Waals surface area contributed by atoms with Crippen LogP contribution in [0.4, 0.5) is 0 Å². The smallest absolute Gasteiger partial charge is 0.469 e. The van der Waals surface area contributed by atoms with Gasteiger partial charge in [-0.1, -0.05) is 110 Å². The van der Waals surface area contributed by atoms with Crippen LogP contribution in [0.15, 0.2) is 133 Å². The third-order valence-corrected chi connectivity index (χ3v) is 10.5. The number of hydrogen-bond donors (Lipinski definition) is 0. The molecule has 1 fully saturated rings. The molecule has 0 spiro atoms. The second-order valence-electron chi connectivity index (χ2n) is 14.0. The van der Waals surface area contributed by atoms with Gasteiger partial charge in [0.25, 0.3) is 0 Å². The zero-order chi connectivity index (χ0) is 40.5. The van der Waals surface area contributed by atoms with Crippen LogP contribution in [0.5, 0.6) is 0 Å². The highest BCUT2D eigenvalue weighted by Crippen LogP contribution is 2.37. The maximum atomic E-state index is 11.8. The van der Waals surface area contributed by atoms with Gasteiger partial charge in [0.2, 0.25) is 0 Å². The monoisotopic (exact) mass is 812 g/mol. The van der Waals surface area contributed by atoms with E-state index in [1.165, 1.54) is 14.2 Å². The first-order chi connectivity index (χ1) is 26.8. The first-order valence-electron chi connectivity index (χ1n) is 18.2. The molecule has 0 N–H and O–H groups in total. The molecule has 0 amide bonds. The third kappa shape index (κ3) is 9.50. The Balaban J connectivity index is 0.000000171. The number of carbonyl (C=O) groups is 2. The number of pyridine rings is 2. The minimum absolute atomic E-state index is 0.196. The van der Waals surface area contributed by atoms with Crippen LogP contribution < -0.4 is 0 Å². The van der Waals surface area contributed by atoms with E-state index in [0.717, 1.165) is 65.2 Å². The van der Waals surface area contributed by atoms with Crippen LogP contribution in [0.25, 0.3) is 50.1 Å². The lowest BCUT2D eigenvalue weighted by Crippen LogP contribution is -2.41. The second-order valence-corrected chi connectivity index (χ2v) is 14.9. The maximum Gasteiger partial charge on any atom is 0.486 e. The molecule has 286 valence electrons. The quantitative estimate of drug-likeness (QED) is 0.111. The number of esters is 2. The highest BCUT2D eigenvalue weighted by atomic mass is 79.9. The van der Waals surface area contributed by atoms with Gasteiger partial charge in [-0.25, -0.2) is 0 Å². The van der Waals surface area contributed by atoms with Crippen molar-refractivity contribution in [3.63, 3.8) is 0 Å². The largest absolute Gasteiger partial charge is 0.486 e. The van der Waals surface area contributed by atoms with Crippen LogP contribution in [0.2, 0.25) is 0 Å². The number of nitrogens with zero attached hydrogens (tertiary/aromatic N) is 2. The number of para-hydroxylation sites is 2. The molecule has 8 nitrogen and oxygen atoms in total. The summed E-state index contributed by atoms with van der Waals surface area (Å²) in [7, 11) is 2.55. The molecule has 56 heavy (non-hydrogen) atoms. The molecule has 1 aliphatic rings. The molecule has 7 rings (SSSR count). The van der Waals surface area contributed by atoms with Crippen molar-refractivity contribution in [3.8, 4) is 22.3 Å². The van der Waals surface area contributed by atoms with Crippen LogP contribution in [-0.4, -0.2) is 54.4 Å². The van der Waals surface area contributed by atoms with E-state index in [4.69, 9.17) is 18.8 Å². The van der Waals surface area contributed by atoms with E-state index in [9.17, 15) is 9.59 Å². The average Bonchev–Trinajstić information content (AvgIpc) is 3.43. The molecule has 10 heteroatoms. The Morgan fingerprint density at radius 1 is 0.679 bits per heavy atom. The Morgan fingerprint density at radius 2 is 1.12 bits per heavy atom. The van der Waals surface area contributed by atoms with Crippen molar-refractivity contribution in [2.45, 2.75) is 51.7 Å². The average molecular weight is 814 g/mol. The van der Waals surface area contributed by atoms with E-state index in [2.05, 4.69) is 39.1 Å². The van der Waals surface area contributed by atoms with Crippen LogP contribution in [0, 0.1) is 0 Å². The zero-order valence-corrected chi connectivity index (χ0v) is 34.3. The topological polar surface area (TPSA) is 96.8 Å². The Bertz CT molecular complexity index is 2330. The van der Waals surface area contributed by atoms with Crippen LogP contribution in [0.3, 0.4) is 0 Å². The van der Waals surface area contributed by atoms with Gasteiger partial charge in [-0.15, -0.1) is 6.58 Å². The van der Waals surface area contributed by atoms with E-state index in [0.29, 0.717) is 0 Å². The summed E-state index contributed by atoms with van der Waals surface area (Å²) < 4.78 is 21.7. The predicted molar refractivity (Wildman–Crippen MR) is 230 cm³/mol. The minimum atomic E-state index is -0.275. The molecule has 0 aliphatic carbocycles. The molecule has 0 saturated carbocycles. The first-order valence-corrected chi connectivity index (χ1v) is 18.9. The summed E-state index contributed by atoms with van der Waals surface area (Å²) >= 11 is 3.54. The van der Waals surface area contributed by atoms with Crippen molar-refractivity contribution >= 4 is 62.9 Å². The van der Waals surface area contributed by atoms with Crippen molar-refractivity contribution in [2.75, 3.05) is 14.2 Å². The highest BCUT2D eigenvalue weighted by molar-refractivity contribution is 9.10. The molecule has 1 saturated heterocycles. The summed E-state index contributed by atoms with van der Waals surface area (Å²) in [6.45, 7) is 15.6. The molecular formula is C46H46BBrN2O6. The molecule has 0 unspecified atom stereocenters. The number of fused-ring (bicyclic) bond motifs is 2. The fourth-order valence-corrected chi connectivity index (χ4v) is 6.75. The molecule has 0 radical (unpaired) electrons. The van der Waals surface area contributed by atoms with Crippen molar-refractivity contribution in [3.05, 3.63) is 150 Å². The van der Waals surface area contributed by atoms with Crippen molar-refractivity contribution in [1.29, 1.82) is 0 Å². The Morgan fingerprint density at radius 3 is 1.55 bits per heavy atom. The number of benzene rings is 4. The molecule has 2 aromatic heterocycles. The zero-order valence-electron chi connectivity index (χ0n) is 32.7. The number of halogens is 1. The summed E-state index contributed by atoms with van der Waals surface area (Å²) in [4.78, 5) is 32.5. The number of hydrogen-bond acceptors (Lipinski definition) is 8. The summed E-state index contributed by atoms with van der Waals surface area (Å²) in [5.41, 5.74) is 8.17. The van der Waals surface area contributed by atoms with Crippen LogP contribution in [-0.2, 0) is 41.2 Å². The lowest BCUT2D eigenvalue weighted by atomic mass is 9.90. The van der Waals surface area contributed by atoms with Gasteiger partial charge in [0.1, 0.15) is 0 Å². The fraction of sp³-hybridized carbons (Fsp3) is 0.217. The standard InChI is InChI=1S/C20H17NO2.C18H14BrNO2.C8H15BO2/c1-3-14-10-7-11-17-19(15-8-5-4-6-9-15)16(12-18(22)23-2)13-21-20(14)17;1-22-16(21)10-13-11-20-18-14(8-5-9-15(18)19)17(13)12-6-3-2-4-7-12;1-6-9-10-7(2,3)8(4,5)11-9/h3-11,13H,1,12H2,2H3;2-9,11H,10H2,1H3;6H,1H2,2-5H3. The lowest BCUT2D eigenvalue weighted by molar-refractivity contribution is -0.140. The normalized spacial score (nSPS) is 13.8. The van der Waals surface area contributed by atoms with Crippen molar-refractivity contribution in [1.82, 2.24) is 9.97 Å². The van der Waals surface area contributed by atoms with E-state index in [-0.39, 0.29) is 43.1 Å². The molecule has 0 bridgehead atoms. The van der Waals surface area contributed by atoms with Crippen LogP contribution in [0.1, 0.15) is 44.4 Å². The summed E-state index contributed by atoms with van der Waals surface area (Å²) in [6, 6.07) is 32.0. The number of methoxy groups -OCH3 is 2. The highest BCUT2D eigenvalue weighted by Gasteiger charge is 2.49. The molecule has 3 heterocycles. The second kappa shape index (κ2) is 18.5. The van der Waals surface area contributed by atoms with Crippen LogP contribution >= 0.6 is 15.9 Å². The number of carbonyl (C=O) groups excluding carboxylic acids is 2. The van der Waals surface area contributed by atoms with E-state index in [1.54, 1.807) is 24.4 Å². The first kappa shape index (κ1) is 41.7. The fourth-order valence-electron chi connectivity index (χ4n) is 6.28. The number of ether oxygens (including phenoxy) is 2. The summed E-state index contributed by atoms with van der Waals surface area (Å²) in [5.74, 6) is 1.13. The van der Waals surface area contributed by atoms with Gasteiger partial charge in [0.05, 0.1) is 49.3 Å². The number of rotatable bonds is 8. The Labute approximate surface area is 337 Å². The molecule has 0 atom stereocenters. The minimum Gasteiger partial charge on any atom is -0.469 e. The van der Waals surface area contributed by atoms with E-state index >= 15 is 0 Å². The number of aromatic nitrogens is 2. The van der Waals surface area contributed by atoms with Gasteiger partial charge in [0, 0.05) is 33.2 Å². The Hall–Kier alpha value is -5.42. The molecular weight excluding hydrogens is 767 g/mol. The van der Waals surface area contributed by atoms with Crippen molar-refractivity contribution in [2.24, 2.45) is 0 Å². The summed E-state index contributed by atoms with van der Waals surface area (Å²) in [6.07, 6.45) is 5.71. The third-order valence-electron chi connectivity index (χ3n) is 9.87. The van der Waals surface area contributed by atoms with Gasteiger partial charge in [0.15, 0.2) is 0 Å². The lowest BCUT2D eigenvalue weighted by Gasteiger charge is -2.32. The summed E-state index contributed by atoms with van der Waals surface area (Å²) in [5, 5.41) is 2.02. The van der Waals surface area contributed by atoms with Crippen molar-refractivity contribution < 1.29 is 28.4 Å². The van der Waals surface area contributed by atoms with Gasteiger partial charge in [-0.3, -0.25) is 19.6 Å². The predicted octanol–water partition coefficient (Wildman–Crippen LogP) is 10.4. The van der Waals surface area contributed by atoms with Gasteiger partial charge in [-0.05, 0) is 83.1 Å². The van der Waals surface area contributed by atoms with E-state index < -0.39 is 0 Å². The van der Waals surface area contributed by atoms with Gasteiger partial charge < -0.3 is 18.8 Å². The van der Waals surface area contributed by atoms with Gasteiger partial charge in [-0.2, -0.15) is 0 Å². The molecule has 4 aromatic carbocycles. The maximum absolute atomic E-state index is 11.8. The van der Waals surface area contributed by atoms with E-state index in [1.807, 2.05) is 125 Å². The Kier molecular flexibility index (Phi) is 13.8. The SMILES string of the molecule is C=CB1OC(C)(C)C(C)(C)O1.C=Cc1cccc2c(-c3ccccc3)c(CC(=O)OC)cnc12.COC(=O)Cc1cnc2c(Br)cccc2c1-c1ccccc1. The molecule has 1 aliphatic heterocycles.